The van der Waals surface area contributed by atoms with Crippen molar-refractivity contribution in [2.24, 2.45) is 5.92 Å². The molecule has 1 fully saturated rings. The maximum absolute atomic E-state index is 11.5. The van der Waals surface area contributed by atoms with Crippen LogP contribution in [0, 0.1) is 5.92 Å². The first-order valence-electron chi connectivity index (χ1n) is 7.53. The van der Waals surface area contributed by atoms with Gasteiger partial charge >= 0.3 is 5.97 Å². The van der Waals surface area contributed by atoms with Gasteiger partial charge in [-0.2, -0.15) is 0 Å². The van der Waals surface area contributed by atoms with Crippen LogP contribution in [0.2, 0.25) is 0 Å². The van der Waals surface area contributed by atoms with Crippen LogP contribution in [0.25, 0.3) is 10.9 Å². The molecule has 20 heavy (non-hydrogen) atoms. The van der Waals surface area contributed by atoms with Gasteiger partial charge in [-0.3, -0.25) is 0 Å². The minimum Gasteiger partial charge on any atom is -0.478 e. The van der Waals surface area contributed by atoms with Crippen LogP contribution in [0.3, 0.4) is 0 Å². The Bertz CT molecular complexity index is 629. The zero-order chi connectivity index (χ0) is 14.1. The molecule has 0 saturated heterocycles. The molecule has 0 radical (unpaired) electrons. The second-order valence-corrected chi connectivity index (χ2v) is 5.87. The topological polar surface area (TPSA) is 42.2 Å². The normalized spacial score (nSPS) is 23.1. The molecule has 1 aliphatic rings. The molecule has 1 aromatic carbocycles. The van der Waals surface area contributed by atoms with Crippen LogP contribution >= 0.6 is 0 Å². The minimum atomic E-state index is -0.835. The van der Waals surface area contributed by atoms with Crippen LogP contribution < -0.4 is 0 Å². The van der Waals surface area contributed by atoms with Gasteiger partial charge in [0.2, 0.25) is 0 Å². The summed E-state index contributed by atoms with van der Waals surface area (Å²) in [4.78, 5) is 11.5. The van der Waals surface area contributed by atoms with E-state index in [1.54, 1.807) is 6.07 Å². The fourth-order valence-electron chi connectivity index (χ4n) is 3.58. The maximum atomic E-state index is 11.5. The van der Waals surface area contributed by atoms with E-state index in [1.807, 2.05) is 18.2 Å². The molecule has 106 valence electrons. The molecule has 0 bridgehead atoms. The fraction of sp³-hybridized carbons (Fsp3) is 0.471. The first-order valence-corrected chi connectivity index (χ1v) is 7.53. The average molecular weight is 271 g/mol. The third-order valence-corrected chi connectivity index (χ3v) is 4.70. The summed E-state index contributed by atoms with van der Waals surface area (Å²) in [6.45, 7) is 2.25. The van der Waals surface area contributed by atoms with Crippen LogP contribution in [0.5, 0.6) is 0 Å². The van der Waals surface area contributed by atoms with Gasteiger partial charge in [0, 0.05) is 17.6 Å². The molecule has 3 nitrogen and oxygen atoms in total. The molecule has 3 rings (SSSR count). The number of hydrogen-bond acceptors (Lipinski definition) is 1. The van der Waals surface area contributed by atoms with Gasteiger partial charge in [-0.15, -0.1) is 0 Å². The van der Waals surface area contributed by atoms with Gasteiger partial charge in [0.15, 0.2) is 0 Å². The number of para-hydroxylation sites is 1. The smallest absolute Gasteiger partial charge is 0.337 e. The van der Waals surface area contributed by atoms with Gasteiger partial charge in [0.1, 0.15) is 0 Å². The van der Waals surface area contributed by atoms with Gasteiger partial charge in [-0.05, 0) is 30.9 Å². The number of hydrogen-bond donors (Lipinski definition) is 1. The average Bonchev–Trinajstić information content (AvgIpc) is 2.91. The Morgan fingerprint density at radius 2 is 2.20 bits per heavy atom. The second kappa shape index (κ2) is 5.31. The molecule has 1 heterocycles. The van der Waals surface area contributed by atoms with Crippen molar-refractivity contribution in [1.29, 1.82) is 0 Å². The van der Waals surface area contributed by atoms with E-state index in [-0.39, 0.29) is 0 Å². The van der Waals surface area contributed by atoms with Crippen LogP contribution in [0.15, 0.2) is 30.5 Å². The lowest BCUT2D eigenvalue weighted by molar-refractivity contribution is 0.0698. The first-order chi connectivity index (χ1) is 9.70. The van der Waals surface area contributed by atoms with Crippen molar-refractivity contribution < 1.29 is 9.90 Å². The van der Waals surface area contributed by atoms with E-state index >= 15 is 0 Å². The van der Waals surface area contributed by atoms with E-state index in [2.05, 4.69) is 17.7 Å². The molecule has 1 saturated carbocycles. The first kappa shape index (κ1) is 13.2. The summed E-state index contributed by atoms with van der Waals surface area (Å²) >= 11 is 0. The Kier molecular flexibility index (Phi) is 3.51. The van der Waals surface area contributed by atoms with E-state index < -0.39 is 5.97 Å². The summed E-state index contributed by atoms with van der Waals surface area (Å²) in [6, 6.07) is 8.02. The maximum Gasteiger partial charge on any atom is 0.337 e. The SMILES string of the molecule is CCC1CCCC(n2ccc3cccc(C(=O)O)c32)C1. The largest absolute Gasteiger partial charge is 0.478 e. The highest BCUT2D eigenvalue weighted by atomic mass is 16.4. The van der Waals surface area contributed by atoms with Crippen molar-refractivity contribution in [2.45, 2.75) is 45.1 Å². The lowest BCUT2D eigenvalue weighted by atomic mass is 9.84. The Morgan fingerprint density at radius 1 is 1.35 bits per heavy atom. The van der Waals surface area contributed by atoms with Crippen molar-refractivity contribution in [3.05, 3.63) is 36.0 Å². The molecule has 1 aromatic heterocycles. The molecule has 0 amide bonds. The van der Waals surface area contributed by atoms with E-state index in [9.17, 15) is 9.90 Å². The van der Waals surface area contributed by atoms with Crippen molar-refractivity contribution in [1.82, 2.24) is 4.57 Å². The number of nitrogens with zero attached hydrogens (tertiary/aromatic N) is 1. The van der Waals surface area contributed by atoms with E-state index in [0.29, 0.717) is 11.6 Å². The highest BCUT2D eigenvalue weighted by Gasteiger charge is 2.24. The van der Waals surface area contributed by atoms with Gasteiger partial charge in [0.25, 0.3) is 0 Å². The summed E-state index contributed by atoms with van der Waals surface area (Å²) in [5.41, 5.74) is 1.31. The van der Waals surface area contributed by atoms with Crippen LogP contribution in [-0.4, -0.2) is 15.6 Å². The summed E-state index contributed by atoms with van der Waals surface area (Å²) in [5, 5.41) is 10.4. The minimum absolute atomic E-state index is 0.422. The Balaban J connectivity index is 2.05. The molecule has 1 N–H and O–H groups in total. The highest BCUT2D eigenvalue weighted by molar-refractivity contribution is 6.02. The highest BCUT2D eigenvalue weighted by Crippen LogP contribution is 2.36. The zero-order valence-corrected chi connectivity index (χ0v) is 11.9. The summed E-state index contributed by atoms with van der Waals surface area (Å²) in [5.74, 6) is -0.0541. The lowest BCUT2D eigenvalue weighted by Gasteiger charge is -2.30. The summed E-state index contributed by atoms with van der Waals surface area (Å²) in [7, 11) is 0. The molecule has 0 spiro atoms. The number of carboxylic acids is 1. The molecule has 2 unspecified atom stereocenters. The standard InChI is InChI=1S/C17H21NO2/c1-2-12-5-3-7-14(11-12)18-10-9-13-6-4-8-15(16(13)18)17(19)20/h4,6,8-10,12,14H,2-3,5,7,11H2,1H3,(H,19,20). The second-order valence-electron chi connectivity index (χ2n) is 5.87. The van der Waals surface area contributed by atoms with Gasteiger partial charge in [-0.1, -0.05) is 38.3 Å². The summed E-state index contributed by atoms with van der Waals surface area (Å²) < 4.78 is 2.21. The van der Waals surface area contributed by atoms with E-state index in [4.69, 9.17) is 0 Å². The van der Waals surface area contributed by atoms with Crippen LogP contribution in [0.4, 0.5) is 0 Å². The van der Waals surface area contributed by atoms with Gasteiger partial charge in [0.05, 0.1) is 11.1 Å². The molecule has 0 aliphatic heterocycles. The predicted octanol–water partition coefficient (Wildman–Crippen LogP) is 4.48. The molecule has 2 atom stereocenters. The lowest BCUT2D eigenvalue weighted by Crippen LogP contribution is -2.19. The molecular formula is C17H21NO2. The predicted molar refractivity (Wildman–Crippen MR) is 80.2 cm³/mol. The number of carbonyl (C=O) groups is 1. The molecular weight excluding hydrogens is 250 g/mol. The van der Waals surface area contributed by atoms with Crippen molar-refractivity contribution in [2.75, 3.05) is 0 Å². The van der Waals surface area contributed by atoms with Gasteiger partial charge in [-0.25, -0.2) is 4.79 Å². The summed E-state index contributed by atoms with van der Waals surface area (Å²) in [6.07, 6.45) is 8.19. The zero-order valence-electron chi connectivity index (χ0n) is 11.9. The quantitative estimate of drug-likeness (QED) is 0.894. The van der Waals surface area contributed by atoms with Gasteiger partial charge < -0.3 is 9.67 Å². The number of carboxylic acid groups (broad SMARTS) is 1. The number of rotatable bonds is 3. The molecule has 3 heteroatoms. The number of aromatic carboxylic acids is 1. The van der Waals surface area contributed by atoms with Crippen molar-refractivity contribution in [3.63, 3.8) is 0 Å². The Labute approximate surface area is 119 Å². The van der Waals surface area contributed by atoms with Crippen LogP contribution in [-0.2, 0) is 0 Å². The monoisotopic (exact) mass is 271 g/mol. The Morgan fingerprint density at radius 3 is 2.95 bits per heavy atom. The van der Waals surface area contributed by atoms with Crippen molar-refractivity contribution in [3.8, 4) is 0 Å². The fourth-order valence-corrected chi connectivity index (χ4v) is 3.58. The molecule has 2 aromatic rings. The van der Waals surface area contributed by atoms with Crippen LogP contribution in [0.1, 0.15) is 55.4 Å². The number of aromatic nitrogens is 1. The van der Waals surface area contributed by atoms with E-state index in [0.717, 1.165) is 23.2 Å². The Hall–Kier alpha value is -1.77. The molecule has 1 aliphatic carbocycles. The third-order valence-electron chi connectivity index (χ3n) is 4.70. The third kappa shape index (κ3) is 2.21. The number of fused-ring (bicyclic) bond motifs is 1. The number of benzene rings is 1. The van der Waals surface area contributed by atoms with Crippen molar-refractivity contribution >= 4 is 16.9 Å². The van der Waals surface area contributed by atoms with E-state index in [1.165, 1.54) is 25.7 Å².